The van der Waals surface area contributed by atoms with Crippen LogP contribution in [0.3, 0.4) is 0 Å². The number of amidine groups is 1. The van der Waals surface area contributed by atoms with Gasteiger partial charge in [0.2, 0.25) is 0 Å². The van der Waals surface area contributed by atoms with Gasteiger partial charge in [0.1, 0.15) is 11.7 Å². The van der Waals surface area contributed by atoms with Crippen LogP contribution in [0.2, 0.25) is 0 Å². The van der Waals surface area contributed by atoms with E-state index in [4.69, 9.17) is 0 Å². The van der Waals surface area contributed by atoms with E-state index < -0.39 is 10.0 Å². The van der Waals surface area contributed by atoms with Gasteiger partial charge in [0, 0.05) is 37.3 Å². The van der Waals surface area contributed by atoms with E-state index in [2.05, 4.69) is 44.3 Å². The topological polar surface area (TPSA) is 54.7 Å². The molecule has 3 aromatic rings. The molecule has 1 aromatic heterocycles. The molecule has 2 aliphatic rings. The summed E-state index contributed by atoms with van der Waals surface area (Å²) in [4.78, 5) is 2.13. The van der Waals surface area contributed by atoms with Crippen molar-refractivity contribution < 1.29 is 12.8 Å². The van der Waals surface area contributed by atoms with Crippen molar-refractivity contribution in [1.82, 2.24) is 9.47 Å². The lowest BCUT2D eigenvalue weighted by molar-refractivity contribution is 0.366. The monoisotopic (exact) mass is 425 g/mol. The highest BCUT2D eigenvalue weighted by Crippen LogP contribution is 2.33. The second-order valence-electron chi connectivity index (χ2n) is 8.12. The molecule has 3 heterocycles. The minimum atomic E-state index is -3.35. The first-order valence-corrected chi connectivity index (χ1v) is 12.0. The van der Waals surface area contributed by atoms with Crippen LogP contribution >= 0.6 is 0 Å². The zero-order chi connectivity index (χ0) is 20.7. The number of fused-ring (bicyclic) bond motifs is 2. The first-order chi connectivity index (χ1) is 14.5. The van der Waals surface area contributed by atoms with Crippen LogP contribution in [0.1, 0.15) is 29.9 Å². The Morgan fingerprint density at radius 2 is 1.90 bits per heavy atom. The average molecular weight is 426 g/mol. The maximum absolute atomic E-state index is 13.1. The van der Waals surface area contributed by atoms with Crippen LogP contribution in [0.4, 0.5) is 4.39 Å². The summed E-state index contributed by atoms with van der Waals surface area (Å²) < 4.78 is 43.6. The van der Waals surface area contributed by atoms with Crippen molar-refractivity contribution in [3.05, 3.63) is 71.7 Å². The van der Waals surface area contributed by atoms with Crippen molar-refractivity contribution in [2.75, 3.05) is 18.8 Å². The average Bonchev–Trinajstić information content (AvgIpc) is 3.14. The van der Waals surface area contributed by atoms with E-state index in [0.717, 1.165) is 54.4 Å². The first-order valence-electron chi connectivity index (χ1n) is 10.4. The van der Waals surface area contributed by atoms with Crippen LogP contribution < -0.4 is 0 Å². The number of aromatic nitrogens is 1. The highest BCUT2D eigenvalue weighted by Gasteiger charge is 2.33. The van der Waals surface area contributed by atoms with Gasteiger partial charge < -0.3 is 9.47 Å². The van der Waals surface area contributed by atoms with Gasteiger partial charge in [-0.05, 0) is 66.1 Å². The Morgan fingerprint density at radius 1 is 1.07 bits per heavy atom. The number of halogens is 1. The molecular formula is C23H24FN3O2S. The van der Waals surface area contributed by atoms with Gasteiger partial charge >= 0.3 is 0 Å². The number of nitrogens with zero attached hydrogens (tertiary/aromatic N) is 3. The molecule has 156 valence electrons. The van der Waals surface area contributed by atoms with Crippen LogP contribution in [-0.4, -0.2) is 42.6 Å². The van der Waals surface area contributed by atoms with Crippen molar-refractivity contribution in [1.29, 1.82) is 0 Å². The Hall–Kier alpha value is -2.67. The van der Waals surface area contributed by atoms with Gasteiger partial charge in [-0.25, -0.2) is 12.8 Å². The molecule has 0 amide bonds. The number of piperidine rings is 1. The third kappa shape index (κ3) is 3.74. The Labute approximate surface area is 175 Å². The van der Waals surface area contributed by atoms with E-state index in [1.165, 1.54) is 12.1 Å². The molecule has 30 heavy (non-hydrogen) atoms. The van der Waals surface area contributed by atoms with Gasteiger partial charge in [-0.1, -0.05) is 18.2 Å². The van der Waals surface area contributed by atoms with E-state index in [1.54, 1.807) is 0 Å². The summed E-state index contributed by atoms with van der Waals surface area (Å²) in [6, 6.07) is 15.1. The summed E-state index contributed by atoms with van der Waals surface area (Å²) in [7, 11) is -3.35. The van der Waals surface area contributed by atoms with E-state index in [0.29, 0.717) is 12.4 Å². The standard InChI is InChI=1S/C23H24FN3O2S/c24-20-6-3-17(4-7-20)9-12-26-13-10-19-16-18(5-8-22(19)26)21-2-1-11-27-14-15-30(28,29)25-23(21)27/h3-8,10,13,16,21H,1-2,9,11-12,14-15H2. The summed E-state index contributed by atoms with van der Waals surface area (Å²) in [6.07, 6.45) is 4.87. The normalized spacial score (nSPS) is 20.8. The lowest BCUT2D eigenvalue weighted by Gasteiger charge is -2.37. The molecule has 0 N–H and O–H groups in total. The van der Waals surface area contributed by atoms with Crippen molar-refractivity contribution in [3.63, 3.8) is 0 Å². The highest BCUT2D eigenvalue weighted by atomic mass is 32.2. The molecule has 1 atom stereocenters. The predicted molar refractivity (Wildman–Crippen MR) is 117 cm³/mol. The van der Waals surface area contributed by atoms with Crippen molar-refractivity contribution in [2.45, 2.75) is 31.7 Å². The van der Waals surface area contributed by atoms with Gasteiger partial charge in [-0.15, -0.1) is 4.40 Å². The minimum Gasteiger partial charge on any atom is -0.358 e. The van der Waals surface area contributed by atoms with Gasteiger partial charge in [0.25, 0.3) is 10.0 Å². The molecule has 2 aromatic carbocycles. The van der Waals surface area contributed by atoms with Crippen LogP contribution in [-0.2, 0) is 23.0 Å². The van der Waals surface area contributed by atoms with E-state index in [-0.39, 0.29) is 17.5 Å². The fraction of sp³-hybridized carbons (Fsp3) is 0.348. The number of sulfonamides is 1. The summed E-state index contributed by atoms with van der Waals surface area (Å²) in [6.45, 7) is 2.24. The van der Waals surface area contributed by atoms with Gasteiger partial charge in [0.05, 0.1) is 5.75 Å². The number of aryl methyl sites for hydroxylation is 2. The van der Waals surface area contributed by atoms with Crippen molar-refractivity contribution in [3.8, 4) is 0 Å². The van der Waals surface area contributed by atoms with Gasteiger partial charge in [0.15, 0.2) is 0 Å². The quantitative estimate of drug-likeness (QED) is 0.636. The number of benzene rings is 2. The molecule has 0 spiro atoms. The molecule has 0 radical (unpaired) electrons. The zero-order valence-electron chi connectivity index (χ0n) is 16.7. The maximum Gasteiger partial charge on any atom is 0.256 e. The molecule has 0 bridgehead atoms. The largest absolute Gasteiger partial charge is 0.358 e. The predicted octanol–water partition coefficient (Wildman–Crippen LogP) is 3.94. The molecule has 5 nitrogen and oxygen atoms in total. The SMILES string of the molecule is O=S1(=O)CCN2CCCC(c3ccc4c(ccn4CCc4ccc(F)cc4)c3)C2=N1. The highest BCUT2D eigenvalue weighted by molar-refractivity contribution is 7.90. The van der Waals surface area contributed by atoms with Crippen LogP contribution in [0.5, 0.6) is 0 Å². The summed E-state index contributed by atoms with van der Waals surface area (Å²) >= 11 is 0. The Kier molecular flexibility index (Phi) is 4.85. The van der Waals surface area contributed by atoms with Crippen molar-refractivity contribution in [2.24, 2.45) is 4.40 Å². The molecule has 1 fully saturated rings. The fourth-order valence-electron chi connectivity index (χ4n) is 4.56. The van der Waals surface area contributed by atoms with E-state index >= 15 is 0 Å². The van der Waals surface area contributed by atoms with Crippen LogP contribution in [0.15, 0.2) is 59.1 Å². The molecule has 0 saturated carbocycles. The molecule has 1 saturated heterocycles. The number of hydrogen-bond donors (Lipinski definition) is 0. The fourth-order valence-corrected chi connectivity index (χ4v) is 5.63. The molecule has 5 rings (SSSR count). The second kappa shape index (κ2) is 7.54. The van der Waals surface area contributed by atoms with Crippen molar-refractivity contribution >= 4 is 26.8 Å². The molecule has 1 unspecified atom stereocenters. The minimum absolute atomic E-state index is 0.0285. The zero-order valence-corrected chi connectivity index (χ0v) is 17.5. The second-order valence-corrected chi connectivity index (χ2v) is 9.88. The Morgan fingerprint density at radius 3 is 2.73 bits per heavy atom. The smallest absolute Gasteiger partial charge is 0.256 e. The number of hydrogen-bond acceptors (Lipinski definition) is 3. The molecule has 0 aliphatic carbocycles. The summed E-state index contributed by atoms with van der Waals surface area (Å²) in [5, 5.41) is 1.14. The van der Waals surface area contributed by atoms with Gasteiger partial charge in [-0.2, -0.15) is 0 Å². The molecule has 7 heteroatoms. The third-order valence-corrected chi connectivity index (χ3v) is 7.32. The first kappa shape index (κ1) is 19.3. The third-order valence-electron chi connectivity index (χ3n) is 6.16. The lowest BCUT2D eigenvalue weighted by Crippen LogP contribution is -2.46. The van der Waals surface area contributed by atoms with Crippen LogP contribution in [0.25, 0.3) is 10.9 Å². The van der Waals surface area contributed by atoms with E-state index in [1.807, 2.05) is 12.1 Å². The maximum atomic E-state index is 13.1. The summed E-state index contributed by atoms with van der Waals surface area (Å²) in [5.74, 6) is 0.636. The van der Waals surface area contributed by atoms with Gasteiger partial charge in [-0.3, -0.25) is 0 Å². The van der Waals surface area contributed by atoms with Crippen LogP contribution in [0, 0.1) is 5.82 Å². The molecule has 2 aliphatic heterocycles. The lowest BCUT2D eigenvalue weighted by atomic mass is 9.88. The Bertz CT molecular complexity index is 1210. The summed E-state index contributed by atoms with van der Waals surface area (Å²) in [5.41, 5.74) is 3.37. The Balaban J connectivity index is 1.40. The van der Waals surface area contributed by atoms with E-state index in [9.17, 15) is 12.8 Å². The molecular weight excluding hydrogens is 401 g/mol. The number of rotatable bonds is 4.